The monoisotopic (exact) mass is 382 g/mol. The first-order valence-electron chi connectivity index (χ1n) is 9.23. The van der Waals surface area contributed by atoms with Crippen LogP contribution in [-0.4, -0.2) is 17.4 Å². The second kappa shape index (κ2) is 7.76. The Morgan fingerprint density at radius 2 is 2.00 bits per heavy atom. The van der Waals surface area contributed by atoms with Crippen LogP contribution in [0.4, 0.5) is 11.4 Å². The molecule has 4 rings (SSSR count). The topological polar surface area (TPSA) is 87.2 Å². The molecule has 0 bridgehead atoms. The van der Waals surface area contributed by atoms with Crippen molar-refractivity contribution >= 4 is 28.8 Å². The van der Waals surface area contributed by atoms with Crippen LogP contribution in [0.3, 0.4) is 0 Å². The Balaban J connectivity index is 1.60. The van der Waals surface area contributed by atoms with Gasteiger partial charge in [-0.25, -0.2) is 4.99 Å². The van der Waals surface area contributed by atoms with Crippen LogP contribution in [0.15, 0.2) is 63.8 Å². The number of fused-ring (bicyclic) bond motifs is 1. The van der Waals surface area contributed by atoms with Crippen LogP contribution in [0, 0.1) is 0 Å². The van der Waals surface area contributed by atoms with E-state index in [1.54, 1.807) is 0 Å². The van der Waals surface area contributed by atoms with Crippen LogP contribution in [0.2, 0.25) is 5.02 Å². The number of azo groups is 1. The molecule has 1 aliphatic heterocycles. The zero-order valence-electron chi connectivity index (χ0n) is 15.0. The van der Waals surface area contributed by atoms with Gasteiger partial charge in [-0.15, -0.1) is 5.11 Å². The van der Waals surface area contributed by atoms with Crippen LogP contribution in [0.5, 0.6) is 0 Å². The van der Waals surface area contributed by atoms with Crippen molar-refractivity contribution in [3.8, 4) is 0 Å². The molecule has 0 atom stereocenters. The molecule has 1 spiro atoms. The fourth-order valence-electron chi connectivity index (χ4n) is 3.77. The van der Waals surface area contributed by atoms with Gasteiger partial charge in [0.1, 0.15) is 0 Å². The number of hydrazine groups is 1. The number of hydrogen-bond donors (Lipinski definition) is 3. The van der Waals surface area contributed by atoms with Crippen molar-refractivity contribution in [3.05, 3.63) is 59.1 Å². The van der Waals surface area contributed by atoms with Gasteiger partial charge in [0.25, 0.3) is 0 Å². The maximum absolute atomic E-state index is 6.05. The molecule has 0 radical (unpaired) electrons. The van der Waals surface area contributed by atoms with Gasteiger partial charge in [0, 0.05) is 11.1 Å². The molecule has 1 heterocycles. The molecular weight excluding hydrogens is 360 g/mol. The average Bonchev–Trinajstić information content (AvgIpc) is 2.69. The van der Waals surface area contributed by atoms with Crippen LogP contribution >= 0.6 is 11.6 Å². The van der Waals surface area contributed by atoms with Gasteiger partial charge in [-0.3, -0.25) is 11.3 Å². The van der Waals surface area contributed by atoms with Gasteiger partial charge in [0.05, 0.1) is 23.5 Å². The number of benzene rings is 2. The van der Waals surface area contributed by atoms with Gasteiger partial charge in [-0.05, 0) is 55.5 Å². The quantitative estimate of drug-likeness (QED) is 0.412. The van der Waals surface area contributed by atoms with Crippen molar-refractivity contribution in [1.82, 2.24) is 5.43 Å². The molecule has 27 heavy (non-hydrogen) atoms. The highest BCUT2D eigenvalue weighted by Crippen LogP contribution is 2.41. The first kappa shape index (κ1) is 18.1. The predicted octanol–water partition coefficient (Wildman–Crippen LogP) is 4.59. The van der Waals surface area contributed by atoms with Gasteiger partial charge in [-0.2, -0.15) is 5.11 Å². The van der Waals surface area contributed by atoms with Crippen molar-refractivity contribution in [2.45, 2.75) is 43.8 Å². The number of rotatable bonds is 3. The zero-order valence-corrected chi connectivity index (χ0v) is 15.8. The van der Waals surface area contributed by atoms with E-state index >= 15 is 0 Å². The average molecular weight is 383 g/mol. The molecular formula is C20H23ClN6. The Morgan fingerprint density at radius 3 is 2.78 bits per heavy atom. The van der Waals surface area contributed by atoms with Crippen molar-refractivity contribution in [1.29, 1.82) is 0 Å². The smallest absolute Gasteiger partial charge is 0.176 e. The van der Waals surface area contributed by atoms with Gasteiger partial charge < -0.3 is 5.32 Å². The molecule has 0 amide bonds. The lowest BCUT2D eigenvalue weighted by Gasteiger charge is -2.42. The summed E-state index contributed by atoms with van der Waals surface area (Å²) in [5, 5.41) is 13.4. The molecule has 0 aromatic heterocycles. The van der Waals surface area contributed by atoms with E-state index in [1.165, 1.54) is 0 Å². The van der Waals surface area contributed by atoms with Gasteiger partial charge in [0.2, 0.25) is 0 Å². The van der Waals surface area contributed by atoms with Crippen molar-refractivity contribution < 1.29 is 0 Å². The summed E-state index contributed by atoms with van der Waals surface area (Å²) in [5.41, 5.74) is 5.58. The number of anilines is 1. The van der Waals surface area contributed by atoms with E-state index in [1.807, 2.05) is 42.5 Å². The molecule has 2 aromatic carbocycles. The van der Waals surface area contributed by atoms with Crippen molar-refractivity contribution in [2.24, 2.45) is 21.1 Å². The summed E-state index contributed by atoms with van der Waals surface area (Å²) in [6.45, 7) is 0.476. The van der Waals surface area contributed by atoms with E-state index in [9.17, 15) is 0 Å². The van der Waals surface area contributed by atoms with Gasteiger partial charge >= 0.3 is 0 Å². The minimum Gasteiger partial charge on any atom is -0.371 e. The molecule has 140 valence electrons. The Morgan fingerprint density at radius 1 is 1.19 bits per heavy atom. The number of halogens is 1. The van der Waals surface area contributed by atoms with Crippen molar-refractivity contribution in [2.75, 3.05) is 5.32 Å². The third-order valence-corrected chi connectivity index (χ3v) is 5.55. The first-order chi connectivity index (χ1) is 13.2. The summed E-state index contributed by atoms with van der Waals surface area (Å²) in [6, 6.07) is 16.1. The van der Waals surface area contributed by atoms with Crippen LogP contribution in [0.1, 0.15) is 31.2 Å². The van der Waals surface area contributed by atoms with E-state index in [-0.39, 0.29) is 5.54 Å². The summed E-state index contributed by atoms with van der Waals surface area (Å²) < 4.78 is 0. The second-order valence-electron chi connectivity index (χ2n) is 7.13. The number of nitrogens with two attached hydrogens (primary N) is 1. The molecule has 2 aromatic rings. The molecule has 1 saturated carbocycles. The Hall–Kier alpha value is -2.28. The molecule has 7 heteroatoms. The maximum atomic E-state index is 6.05. The minimum absolute atomic E-state index is 0.292. The number of para-hydroxylation sites is 2. The third kappa shape index (κ3) is 3.88. The molecule has 1 fully saturated rings. The van der Waals surface area contributed by atoms with E-state index < -0.39 is 0 Å². The highest BCUT2D eigenvalue weighted by Gasteiger charge is 2.42. The van der Waals surface area contributed by atoms with Gasteiger partial charge in [-0.1, -0.05) is 35.9 Å². The fourth-order valence-corrected chi connectivity index (χ4v) is 3.99. The number of amidine groups is 1. The number of nitrogens with zero attached hydrogens (tertiary/aromatic N) is 3. The maximum Gasteiger partial charge on any atom is 0.176 e. The lowest BCUT2D eigenvalue weighted by Crippen LogP contribution is -2.53. The van der Waals surface area contributed by atoms with E-state index in [4.69, 9.17) is 22.4 Å². The number of hydrogen-bond acceptors (Lipinski definition) is 6. The van der Waals surface area contributed by atoms with E-state index in [0.717, 1.165) is 48.5 Å². The van der Waals surface area contributed by atoms with E-state index in [0.29, 0.717) is 17.6 Å². The molecule has 1 aliphatic carbocycles. The summed E-state index contributed by atoms with van der Waals surface area (Å²) in [4.78, 5) is 4.84. The van der Waals surface area contributed by atoms with Crippen LogP contribution in [0.25, 0.3) is 0 Å². The molecule has 6 nitrogen and oxygen atoms in total. The number of nitrogens with one attached hydrogen (secondary N) is 2. The Kier molecular flexibility index (Phi) is 5.20. The largest absolute Gasteiger partial charge is 0.371 e. The molecule has 0 saturated heterocycles. The van der Waals surface area contributed by atoms with Gasteiger partial charge in [0.15, 0.2) is 5.84 Å². The summed E-state index contributed by atoms with van der Waals surface area (Å²) in [7, 11) is 0. The summed E-state index contributed by atoms with van der Waals surface area (Å²) >= 11 is 6.05. The Labute approximate surface area is 163 Å². The normalized spacial score (nSPS) is 24.5. The molecule has 4 N–H and O–H groups in total. The standard InChI is InChI=1S/C20H23ClN6/c21-15-5-3-4-14(12-15)13-23-27-19-20(10-8-16(26-22)9-11-20)25-18-7-2-1-6-17(18)24-19/h1-7,12,16,25-26H,8-11,13,22H2. The lowest BCUT2D eigenvalue weighted by molar-refractivity contribution is 0.322. The third-order valence-electron chi connectivity index (χ3n) is 5.31. The van der Waals surface area contributed by atoms with Crippen LogP contribution < -0.4 is 16.6 Å². The second-order valence-corrected chi connectivity index (χ2v) is 7.57. The predicted molar refractivity (Wildman–Crippen MR) is 109 cm³/mol. The lowest BCUT2D eigenvalue weighted by atomic mass is 9.77. The highest BCUT2D eigenvalue weighted by atomic mass is 35.5. The molecule has 0 unspecified atom stereocenters. The summed E-state index contributed by atoms with van der Waals surface area (Å²) in [5.74, 6) is 6.38. The van der Waals surface area contributed by atoms with Crippen molar-refractivity contribution in [3.63, 3.8) is 0 Å². The Bertz CT molecular complexity index is 870. The fraction of sp³-hybridized carbons (Fsp3) is 0.350. The first-order valence-corrected chi connectivity index (χ1v) is 9.61. The number of aliphatic imine (C=N–C) groups is 1. The highest BCUT2D eigenvalue weighted by molar-refractivity contribution is 6.30. The van der Waals surface area contributed by atoms with Crippen LogP contribution in [-0.2, 0) is 6.54 Å². The molecule has 2 aliphatic rings. The summed E-state index contributed by atoms with van der Waals surface area (Å²) in [6.07, 6.45) is 3.75. The van der Waals surface area contributed by atoms with E-state index in [2.05, 4.69) is 27.0 Å². The SMILES string of the molecule is NNC1CCC2(CC1)Nc1ccccc1N=C2N=NCc1cccc(Cl)c1. The minimum atomic E-state index is -0.292. The zero-order chi connectivity index (χ0) is 18.7.